The monoisotopic (exact) mass is 360 g/mol. The second kappa shape index (κ2) is 7.34. The van der Waals surface area contributed by atoms with E-state index in [-0.39, 0.29) is 11.3 Å². The minimum absolute atomic E-state index is 0.0883. The second-order valence-corrected chi connectivity index (χ2v) is 6.65. The number of aromatic nitrogens is 2. The van der Waals surface area contributed by atoms with Crippen LogP contribution in [0.1, 0.15) is 31.3 Å². The van der Waals surface area contributed by atoms with Gasteiger partial charge in [0.15, 0.2) is 12.3 Å². The van der Waals surface area contributed by atoms with Crippen LogP contribution in [0.4, 0.5) is 4.79 Å². The highest BCUT2D eigenvalue weighted by Gasteiger charge is 2.20. The van der Waals surface area contributed by atoms with Crippen molar-refractivity contribution in [2.24, 2.45) is 7.05 Å². The van der Waals surface area contributed by atoms with Crippen molar-refractivity contribution in [1.82, 2.24) is 20.4 Å². The molecule has 0 spiro atoms. The number of hydrogen-bond acceptors (Lipinski definition) is 6. The number of fused-ring (bicyclic) bond motifs is 1. The largest absolute Gasteiger partial charge is 0.451 e. The van der Waals surface area contributed by atoms with Crippen molar-refractivity contribution < 1.29 is 19.1 Å². The Balaban J connectivity index is 2.08. The van der Waals surface area contributed by atoms with Crippen molar-refractivity contribution in [3.63, 3.8) is 0 Å². The van der Waals surface area contributed by atoms with Crippen LogP contribution >= 0.6 is 0 Å². The number of nitrogens with one attached hydrogen (secondary N) is 2. The molecule has 0 saturated heterocycles. The average molecular weight is 360 g/mol. The molecular weight excluding hydrogens is 340 g/mol. The Morgan fingerprint density at radius 1 is 1.15 bits per heavy atom. The van der Waals surface area contributed by atoms with Crippen LogP contribution in [0.3, 0.4) is 0 Å². The summed E-state index contributed by atoms with van der Waals surface area (Å²) in [5.41, 5.74) is -0.956. The fraction of sp³-hybridized carbons (Fsp3) is 0.353. The third kappa shape index (κ3) is 4.65. The van der Waals surface area contributed by atoms with Crippen LogP contribution in [0.2, 0.25) is 0 Å². The maximum atomic E-state index is 12.3. The molecule has 26 heavy (non-hydrogen) atoms. The number of carbonyl (C=O) groups excluding carboxylic acids is 3. The highest BCUT2D eigenvalue weighted by atomic mass is 16.5. The van der Waals surface area contributed by atoms with Crippen molar-refractivity contribution in [2.45, 2.75) is 26.3 Å². The number of nitrogens with zero attached hydrogens (tertiary/aromatic N) is 2. The van der Waals surface area contributed by atoms with Crippen LogP contribution in [0.25, 0.3) is 10.8 Å². The van der Waals surface area contributed by atoms with Gasteiger partial charge >= 0.3 is 12.0 Å². The molecule has 1 aromatic carbocycles. The topological polar surface area (TPSA) is 119 Å². The van der Waals surface area contributed by atoms with Crippen LogP contribution in [-0.2, 0) is 16.6 Å². The van der Waals surface area contributed by atoms with Gasteiger partial charge in [-0.3, -0.25) is 14.9 Å². The molecular formula is C17H20N4O5. The Morgan fingerprint density at radius 2 is 1.77 bits per heavy atom. The number of hydrogen-bond donors (Lipinski definition) is 2. The van der Waals surface area contributed by atoms with Crippen molar-refractivity contribution in [1.29, 1.82) is 0 Å². The van der Waals surface area contributed by atoms with Crippen molar-refractivity contribution >= 4 is 28.7 Å². The van der Waals surface area contributed by atoms with Crippen LogP contribution in [-0.4, -0.2) is 39.8 Å². The quantitative estimate of drug-likeness (QED) is 0.778. The molecule has 3 amide bonds. The third-order valence-corrected chi connectivity index (χ3v) is 3.23. The van der Waals surface area contributed by atoms with Crippen LogP contribution in [0.5, 0.6) is 0 Å². The Hall–Kier alpha value is -3.23. The molecule has 0 bridgehead atoms. The fourth-order valence-electron chi connectivity index (χ4n) is 2.18. The molecule has 138 valence electrons. The van der Waals surface area contributed by atoms with Crippen molar-refractivity contribution in [3.05, 3.63) is 40.3 Å². The number of esters is 1. The average Bonchev–Trinajstić information content (AvgIpc) is 2.54. The molecule has 1 aromatic heterocycles. The predicted molar refractivity (Wildman–Crippen MR) is 93.7 cm³/mol. The number of amides is 3. The first-order valence-corrected chi connectivity index (χ1v) is 7.83. The summed E-state index contributed by atoms with van der Waals surface area (Å²) in [6, 6.07) is 5.77. The predicted octanol–water partition coefficient (Wildman–Crippen LogP) is 0.715. The standard InChI is InChI=1S/C17H20N4O5/c1-17(2,3)19-16(25)18-12(22)9-26-15(24)13-10-7-5-6-8-11(10)14(23)21(4)20-13/h5-8H,9H2,1-4H3,(H2,18,19,22,25). The van der Waals surface area contributed by atoms with Gasteiger partial charge < -0.3 is 10.1 Å². The van der Waals surface area contributed by atoms with E-state index in [0.717, 1.165) is 4.68 Å². The van der Waals surface area contributed by atoms with E-state index in [4.69, 9.17) is 4.74 Å². The molecule has 0 radical (unpaired) electrons. The molecule has 2 rings (SSSR count). The summed E-state index contributed by atoms with van der Waals surface area (Å²) in [6.07, 6.45) is 0. The van der Waals surface area contributed by atoms with Gasteiger partial charge in [0.2, 0.25) is 0 Å². The molecule has 0 aliphatic rings. The first-order chi connectivity index (χ1) is 12.1. The molecule has 2 N–H and O–H groups in total. The molecule has 2 aromatic rings. The maximum Gasteiger partial charge on any atom is 0.359 e. The summed E-state index contributed by atoms with van der Waals surface area (Å²) in [6.45, 7) is 4.61. The van der Waals surface area contributed by atoms with E-state index in [9.17, 15) is 19.2 Å². The normalized spacial score (nSPS) is 11.1. The number of ether oxygens (including phenoxy) is 1. The van der Waals surface area contributed by atoms with Crippen LogP contribution in [0, 0.1) is 0 Å². The molecule has 0 fully saturated rings. The minimum atomic E-state index is -0.872. The van der Waals surface area contributed by atoms with Crippen LogP contribution in [0.15, 0.2) is 29.1 Å². The molecule has 9 heteroatoms. The summed E-state index contributed by atoms with van der Waals surface area (Å²) in [4.78, 5) is 47.6. The van der Waals surface area contributed by atoms with Crippen molar-refractivity contribution in [2.75, 3.05) is 6.61 Å². The van der Waals surface area contributed by atoms with Gasteiger partial charge in [-0.15, -0.1) is 0 Å². The molecule has 0 saturated carbocycles. The fourth-order valence-corrected chi connectivity index (χ4v) is 2.18. The van der Waals surface area contributed by atoms with Gasteiger partial charge in [-0.2, -0.15) is 5.10 Å². The highest BCUT2D eigenvalue weighted by molar-refractivity contribution is 6.03. The first-order valence-electron chi connectivity index (χ1n) is 7.83. The highest BCUT2D eigenvalue weighted by Crippen LogP contribution is 2.13. The Bertz CT molecular complexity index is 927. The minimum Gasteiger partial charge on any atom is -0.451 e. The number of aryl methyl sites for hydroxylation is 1. The molecule has 0 aliphatic carbocycles. The van der Waals surface area contributed by atoms with E-state index in [1.54, 1.807) is 45.0 Å². The lowest BCUT2D eigenvalue weighted by atomic mass is 10.1. The summed E-state index contributed by atoms with van der Waals surface area (Å²) < 4.78 is 5.94. The van der Waals surface area contributed by atoms with Gasteiger partial charge in [0.25, 0.3) is 11.5 Å². The zero-order chi connectivity index (χ0) is 19.5. The molecule has 0 atom stereocenters. The van der Waals surface area contributed by atoms with Gasteiger partial charge in [0.05, 0.1) is 5.39 Å². The van der Waals surface area contributed by atoms with Gasteiger partial charge in [0.1, 0.15) is 0 Å². The molecule has 1 heterocycles. The van der Waals surface area contributed by atoms with Gasteiger partial charge in [-0.1, -0.05) is 18.2 Å². The lowest BCUT2D eigenvalue weighted by molar-refractivity contribution is -0.123. The number of imide groups is 1. The molecule has 0 aliphatic heterocycles. The van der Waals surface area contributed by atoms with Crippen molar-refractivity contribution in [3.8, 4) is 0 Å². The van der Waals surface area contributed by atoms with E-state index < -0.39 is 30.1 Å². The lowest BCUT2D eigenvalue weighted by Gasteiger charge is -2.20. The zero-order valence-corrected chi connectivity index (χ0v) is 15.0. The summed E-state index contributed by atoms with van der Waals surface area (Å²) in [5, 5.41) is 9.15. The van der Waals surface area contributed by atoms with E-state index in [0.29, 0.717) is 10.8 Å². The zero-order valence-electron chi connectivity index (χ0n) is 15.0. The molecule has 0 unspecified atom stereocenters. The third-order valence-electron chi connectivity index (χ3n) is 3.23. The Morgan fingerprint density at radius 3 is 2.38 bits per heavy atom. The van der Waals surface area contributed by atoms with Gasteiger partial charge in [0, 0.05) is 18.0 Å². The smallest absolute Gasteiger partial charge is 0.359 e. The number of rotatable bonds is 3. The summed E-state index contributed by atoms with van der Waals surface area (Å²) >= 11 is 0. The van der Waals surface area contributed by atoms with Crippen LogP contribution < -0.4 is 16.2 Å². The van der Waals surface area contributed by atoms with E-state index in [2.05, 4.69) is 15.7 Å². The first kappa shape index (κ1) is 19.1. The summed E-state index contributed by atoms with van der Waals surface area (Å²) in [5.74, 6) is -1.66. The summed E-state index contributed by atoms with van der Waals surface area (Å²) in [7, 11) is 1.41. The number of urea groups is 1. The Labute approximate surface area is 149 Å². The van der Waals surface area contributed by atoms with E-state index >= 15 is 0 Å². The van der Waals surface area contributed by atoms with Gasteiger partial charge in [-0.05, 0) is 26.8 Å². The maximum absolute atomic E-state index is 12.3. The SMILES string of the molecule is Cn1nc(C(=O)OCC(=O)NC(=O)NC(C)(C)C)c2ccccc2c1=O. The molecule has 9 nitrogen and oxygen atoms in total. The van der Waals surface area contributed by atoms with E-state index in [1.807, 2.05) is 0 Å². The number of carbonyl (C=O) groups is 3. The lowest BCUT2D eigenvalue weighted by Crippen LogP contribution is -2.49. The Kier molecular flexibility index (Phi) is 5.39. The van der Waals surface area contributed by atoms with Gasteiger partial charge in [-0.25, -0.2) is 14.3 Å². The number of benzene rings is 1. The second-order valence-electron chi connectivity index (χ2n) is 6.65. The van der Waals surface area contributed by atoms with E-state index in [1.165, 1.54) is 7.05 Å².